The monoisotopic (exact) mass is 460 g/mol. The number of esters is 1. The number of benzene rings is 1. The van der Waals surface area contributed by atoms with Crippen LogP contribution in [0.2, 0.25) is 0 Å². The maximum atomic E-state index is 13.1. The molecule has 9 heteroatoms. The molecule has 1 saturated heterocycles. The highest BCUT2D eigenvalue weighted by Crippen LogP contribution is 2.35. The lowest BCUT2D eigenvalue weighted by Gasteiger charge is -2.20. The van der Waals surface area contributed by atoms with E-state index >= 15 is 0 Å². The van der Waals surface area contributed by atoms with Crippen LogP contribution in [0.4, 0.5) is 0 Å². The predicted octanol–water partition coefficient (Wildman–Crippen LogP) is 3.98. The van der Waals surface area contributed by atoms with Gasteiger partial charge in [0.15, 0.2) is 22.4 Å². The Morgan fingerprint density at radius 3 is 2.42 bits per heavy atom. The molecule has 0 N–H and O–H groups in total. The number of rotatable bonds is 8. The van der Waals surface area contributed by atoms with E-state index < -0.39 is 5.97 Å². The molecule has 0 aliphatic carbocycles. The van der Waals surface area contributed by atoms with Gasteiger partial charge in [-0.3, -0.25) is 9.47 Å². The van der Waals surface area contributed by atoms with Gasteiger partial charge in [-0.05, 0) is 75.8 Å². The quantitative estimate of drug-likeness (QED) is 0.335. The van der Waals surface area contributed by atoms with E-state index in [9.17, 15) is 9.59 Å². The largest absolute Gasteiger partial charge is 0.490 e. The summed E-state index contributed by atoms with van der Waals surface area (Å²) >= 11 is 6.71. The number of hydrogen-bond donors (Lipinski definition) is 0. The van der Waals surface area contributed by atoms with E-state index in [1.54, 1.807) is 31.2 Å². The molecule has 0 unspecified atom stereocenters. The van der Waals surface area contributed by atoms with Crippen molar-refractivity contribution in [3.05, 3.63) is 52.2 Å². The first-order valence-electron chi connectivity index (χ1n) is 9.84. The van der Waals surface area contributed by atoms with Crippen molar-refractivity contribution in [1.82, 2.24) is 4.68 Å². The summed E-state index contributed by atoms with van der Waals surface area (Å²) in [5, 5.41) is 1.51. The number of hydrogen-bond acceptors (Lipinski definition) is 7. The molecule has 164 valence electrons. The molecule has 31 heavy (non-hydrogen) atoms. The van der Waals surface area contributed by atoms with E-state index in [4.69, 9.17) is 26.4 Å². The zero-order valence-electron chi connectivity index (χ0n) is 17.8. The van der Waals surface area contributed by atoms with Gasteiger partial charge < -0.3 is 14.2 Å². The third-order valence-electron chi connectivity index (χ3n) is 4.42. The highest BCUT2D eigenvalue weighted by molar-refractivity contribution is 8.27. The summed E-state index contributed by atoms with van der Waals surface area (Å²) in [5.41, 5.74) is 2.61. The van der Waals surface area contributed by atoms with Crippen molar-refractivity contribution in [3.8, 4) is 11.5 Å². The molecule has 0 bridgehead atoms. The lowest BCUT2D eigenvalue weighted by atomic mass is 10.2. The maximum Gasteiger partial charge on any atom is 0.344 e. The van der Waals surface area contributed by atoms with Crippen molar-refractivity contribution in [3.63, 3.8) is 0 Å². The fourth-order valence-electron chi connectivity index (χ4n) is 3.10. The zero-order chi connectivity index (χ0) is 22.5. The number of carbonyl (C=O) groups excluding carboxylic acids is 2. The molecule has 2 heterocycles. The molecule has 1 aromatic heterocycles. The summed E-state index contributed by atoms with van der Waals surface area (Å²) in [4.78, 5) is 25.1. The molecule has 7 nitrogen and oxygen atoms in total. The molecule has 0 radical (unpaired) electrons. The normalized spacial score (nSPS) is 15.0. The Morgan fingerprint density at radius 1 is 1.06 bits per heavy atom. The standard InChI is InChI=1S/C22H24N2O5S2/c1-5-27-18-11-16(9-10-17(18)29-13-20(25)28-6-2)12-19-21(26)24(22(30)31-19)23-14(3)7-8-15(23)4/h7-12H,5-6,13H2,1-4H3/b19-12-. The smallest absolute Gasteiger partial charge is 0.344 e. The molecule has 1 aliphatic rings. The van der Waals surface area contributed by atoms with Crippen LogP contribution < -0.4 is 14.5 Å². The van der Waals surface area contributed by atoms with Crippen LogP contribution >= 0.6 is 24.0 Å². The second-order valence-electron chi connectivity index (χ2n) is 6.65. The number of thioether (sulfide) groups is 1. The van der Waals surface area contributed by atoms with E-state index in [-0.39, 0.29) is 12.5 Å². The summed E-state index contributed by atoms with van der Waals surface area (Å²) in [6.07, 6.45) is 1.77. The molecule has 0 saturated carbocycles. The Labute approximate surface area is 190 Å². The van der Waals surface area contributed by atoms with E-state index in [1.807, 2.05) is 37.6 Å². The Hall–Kier alpha value is -2.78. The van der Waals surface area contributed by atoms with Crippen LogP contribution in [0.25, 0.3) is 6.08 Å². The fourth-order valence-corrected chi connectivity index (χ4v) is 4.34. The van der Waals surface area contributed by atoms with Gasteiger partial charge in [0.1, 0.15) is 0 Å². The minimum absolute atomic E-state index is 0.182. The van der Waals surface area contributed by atoms with E-state index in [2.05, 4.69) is 0 Å². The van der Waals surface area contributed by atoms with Crippen LogP contribution in [-0.4, -0.2) is 40.7 Å². The second-order valence-corrected chi connectivity index (χ2v) is 8.33. The fraction of sp³-hybridized carbons (Fsp3) is 0.318. The first-order chi connectivity index (χ1) is 14.8. The van der Waals surface area contributed by atoms with Crippen LogP contribution in [-0.2, 0) is 14.3 Å². The summed E-state index contributed by atoms with van der Waals surface area (Å²) in [6.45, 7) is 7.96. The van der Waals surface area contributed by atoms with Crippen molar-refractivity contribution < 1.29 is 23.8 Å². The van der Waals surface area contributed by atoms with Gasteiger partial charge in [-0.2, -0.15) is 5.01 Å². The topological polar surface area (TPSA) is 70.0 Å². The van der Waals surface area contributed by atoms with Gasteiger partial charge >= 0.3 is 5.97 Å². The van der Waals surface area contributed by atoms with Crippen molar-refractivity contribution in [2.24, 2.45) is 0 Å². The van der Waals surface area contributed by atoms with E-state index in [0.717, 1.165) is 17.0 Å². The third-order valence-corrected chi connectivity index (χ3v) is 5.71. The average Bonchev–Trinajstić information content (AvgIpc) is 3.19. The summed E-state index contributed by atoms with van der Waals surface area (Å²) in [5.74, 6) is 0.276. The third kappa shape index (κ3) is 5.11. The molecule has 0 atom stereocenters. The molecule has 0 spiro atoms. The van der Waals surface area contributed by atoms with Crippen molar-refractivity contribution in [1.29, 1.82) is 0 Å². The first kappa shape index (κ1) is 22.9. The van der Waals surface area contributed by atoms with Gasteiger partial charge in [0, 0.05) is 11.4 Å². The summed E-state index contributed by atoms with van der Waals surface area (Å²) in [7, 11) is 0. The van der Waals surface area contributed by atoms with Crippen molar-refractivity contribution in [2.75, 3.05) is 24.8 Å². The van der Waals surface area contributed by atoms with E-state index in [1.165, 1.54) is 16.8 Å². The van der Waals surface area contributed by atoms with Crippen molar-refractivity contribution in [2.45, 2.75) is 27.7 Å². The Morgan fingerprint density at radius 2 is 1.77 bits per heavy atom. The van der Waals surface area contributed by atoms with Crippen LogP contribution in [0.5, 0.6) is 11.5 Å². The van der Waals surface area contributed by atoms with Crippen LogP contribution in [0.1, 0.15) is 30.8 Å². The summed E-state index contributed by atoms with van der Waals surface area (Å²) < 4.78 is 18.4. The molecule has 1 aromatic carbocycles. The van der Waals surface area contributed by atoms with Crippen LogP contribution in [0.3, 0.4) is 0 Å². The number of carbonyl (C=O) groups is 2. The first-order valence-corrected chi connectivity index (χ1v) is 11.1. The van der Waals surface area contributed by atoms with Gasteiger partial charge in [0.2, 0.25) is 0 Å². The predicted molar refractivity (Wildman–Crippen MR) is 125 cm³/mol. The maximum absolute atomic E-state index is 13.1. The second kappa shape index (κ2) is 10.0. The van der Waals surface area contributed by atoms with Gasteiger partial charge in [-0.15, -0.1) is 0 Å². The number of aromatic nitrogens is 1. The minimum atomic E-state index is -0.451. The molecular formula is C22H24N2O5S2. The van der Waals surface area contributed by atoms with Crippen molar-refractivity contribution >= 4 is 46.3 Å². The molecule has 1 amide bonds. The van der Waals surface area contributed by atoms with Gasteiger partial charge in [-0.25, -0.2) is 4.79 Å². The number of aryl methyl sites for hydroxylation is 2. The summed E-state index contributed by atoms with van der Waals surface area (Å²) in [6, 6.07) is 9.16. The molecule has 3 rings (SSSR count). The number of nitrogens with zero attached hydrogens (tertiary/aromatic N) is 2. The Bertz CT molecular complexity index is 1030. The van der Waals surface area contributed by atoms with Gasteiger partial charge in [-0.1, -0.05) is 17.8 Å². The average molecular weight is 461 g/mol. The van der Waals surface area contributed by atoms with Gasteiger partial charge in [0.25, 0.3) is 5.91 Å². The van der Waals surface area contributed by atoms with Gasteiger partial charge in [0.05, 0.1) is 18.1 Å². The minimum Gasteiger partial charge on any atom is -0.490 e. The number of amides is 1. The molecule has 1 aliphatic heterocycles. The zero-order valence-corrected chi connectivity index (χ0v) is 19.5. The van der Waals surface area contributed by atoms with E-state index in [0.29, 0.717) is 33.9 Å². The number of thiocarbonyl (C=S) groups is 1. The Balaban J connectivity index is 1.84. The molecule has 1 fully saturated rings. The lowest BCUT2D eigenvalue weighted by Crippen LogP contribution is -2.39. The number of ether oxygens (including phenoxy) is 3. The molecular weight excluding hydrogens is 436 g/mol. The Kier molecular flexibility index (Phi) is 7.40. The lowest BCUT2D eigenvalue weighted by molar-refractivity contribution is -0.145. The van der Waals surface area contributed by atoms with Crippen LogP contribution in [0.15, 0.2) is 35.2 Å². The van der Waals surface area contributed by atoms with Crippen LogP contribution in [0, 0.1) is 13.8 Å². The molecule has 2 aromatic rings. The highest BCUT2D eigenvalue weighted by atomic mass is 32.2. The highest BCUT2D eigenvalue weighted by Gasteiger charge is 2.34. The SMILES string of the molecule is CCOC(=O)COc1ccc(/C=C2\SC(=S)N(n3c(C)ccc3C)C2=O)cc1OCC.